The van der Waals surface area contributed by atoms with Crippen LogP contribution < -0.4 is 5.32 Å². The second-order valence-corrected chi connectivity index (χ2v) is 6.68. The van der Waals surface area contributed by atoms with E-state index >= 15 is 0 Å². The summed E-state index contributed by atoms with van der Waals surface area (Å²) >= 11 is 0. The van der Waals surface area contributed by atoms with E-state index in [1.54, 1.807) is 11.1 Å². The average Bonchev–Trinajstić information content (AvgIpc) is 2.67. The molecule has 1 heteroatoms. The molecule has 0 saturated heterocycles. The Hall–Kier alpha value is -0.820. The Morgan fingerprint density at radius 2 is 1.89 bits per heavy atom. The molecule has 3 atom stereocenters. The summed E-state index contributed by atoms with van der Waals surface area (Å²) in [7, 11) is 0. The number of nitrogens with one attached hydrogen (secondary N) is 1. The lowest BCUT2D eigenvalue weighted by Gasteiger charge is -2.27. The standard InChI is InChI=1S/C18H27N/c1-13-8-9-15-10-11-18(16(15)12-13)19-17-7-5-3-4-6-14(17)2/h8-9,12,14,17-19H,3-7,10-11H2,1-2H3. The second kappa shape index (κ2) is 5.66. The van der Waals surface area contributed by atoms with E-state index < -0.39 is 0 Å². The van der Waals surface area contributed by atoms with Crippen molar-refractivity contribution in [3.05, 3.63) is 34.9 Å². The number of benzene rings is 1. The van der Waals surface area contributed by atoms with Gasteiger partial charge in [0.15, 0.2) is 0 Å². The highest BCUT2D eigenvalue weighted by Crippen LogP contribution is 2.34. The number of aryl methyl sites for hydroxylation is 2. The van der Waals surface area contributed by atoms with Gasteiger partial charge in [-0.05, 0) is 49.7 Å². The highest BCUT2D eigenvalue weighted by molar-refractivity contribution is 5.37. The molecule has 1 saturated carbocycles. The lowest BCUT2D eigenvalue weighted by Crippen LogP contribution is -2.36. The van der Waals surface area contributed by atoms with Crippen molar-refractivity contribution in [3.63, 3.8) is 0 Å². The Kier molecular flexibility index (Phi) is 3.93. The molecule has 2 aliphatic rings. The Labute approximate surface area is 117 Å². The zero-order valence-electron chi connectivity index (χ0n) is 12.4. The van der Waals surface area contributed by atoms with Crippen LogP contribution in [0, 0.1) is 12.8 Å². The minimum Gasteiger partial charge on any atom is -0.307 e. The predicted molar refractivity (Wildman–Crippen MR) is 81.4 cm³/mol. The Bertz CT molecular complexity index is 437. The largest absolute Gasteiger partial charge is 0.307 e. The monoisotopic (exact) mass is 257 g/mol. The molecule has 1 fully saturated rings. The maximum atomic E-state index is 3.99. The van der Waals surface area contributed by atoms with Crippen molar-refractivity contribution in [2.45, 2.75) is 70.9 Å². The summed E-state index contributed by atoms with van der Waals surface area (Å²) < 4.78 is 0. The normalized spacial score (nSPS) is 30.9. The molecule has 0 aromatic heterocycles. The van der Waals surface area contributed by atoms with Crippen molar-refractivity contribution in [3.8, 4) is 0 Å². The molecule has 0 aliphatic heterocycles. The summed E-state index contributed by atoms with van der Waals surface area (Å²) in [5.41, 5.74) is 4.56. The third kappa shape index (κ3) is 2.86. The molecule has 0 heterocycles. The fraction of sp³-hybridized carbons (Fsp3) is 0.667. The Morgan fingerprint density at radius 3 is 2.79 bits per heavy atom. The maximum Gasteiger partial charge on any atom is 0.0328 e. The van der Waals surface area contributed by atoms with E-state index in [9.17, 15) is 0 Å². The van der Waals surface area contributed by atoms with Crippen molar-refractivity contribution >= 4 is 0 Å². The maximum absolute atomic E-state index is 3.99. The van der Waals surface area contributed by atoms with E-state index in [1.807, 2.05) is 0 Å². The average molecular weight is 257 g/mol. The molecular weight excluding hydrogens is 230 g/mol. The van der Waals surface area contributed by atoms with Gasteiger partial charge in [-0.3, -0.25) is 0 Å². The molecule has 1 aromatic carbocycles. The fourth-order valence-electron chi connectivity index (χ4n) is 3.89. The molecule has 0 spiro atoms. The van der Waals surface area contributed by atoms with Gasteiger partial charge in [0.25, 0.3) is 0 Å². The van der Waals surface area contributed by atoms with Crippen LogP contribution in [0.3, 0.4) is 0 Å². The van der Waals surface area contributed by atoms with Crippen LogP contribution >= 0.6 is 0 Å². The molecule has 1 nitrogen and oxygen atoms in total. The van der Waals surface area contributed by atoms with Gasteiger partial charge in [-0.2, -0.15) is 0 Å². The summed E-state index contributed by atoms with van der Waals surface area (Å²) in [4.78, 5) is 0. The molecule has 3 unspecified atom stereocenters. The van der Waals surface area contributed by atoms with Gasteiger partial charge >= 0.3 is 0 Å². The molecule has 1 aromatic rings. The van der Waals surface area contributed by atoms with Gasteiger partial charge in [0.2, 0.25) is 0 Å². The SMILES string of the molecule is Cc1ccc2c(c1)C(NC1CCCCCC1C)CC2. The molecule has 2 aliphatic carbocycles. The number of hydrogen-bond acceptors (Lipinski definition) is 1. The topological polar surface area (TPSA) is 12.0 Å². The third-order valence-electron chi connectivity index (χ3n) is 5.16. The van der Waals surface area contributed by atoms with E-state index in [4.69, 9.17) is 0 Å². The summed E-state index contributed by atoms with van der Waals surface area (Å²) in [6, 6.07) is 8.35. The van der Waals surface area contributed by atoms with Crippen molar-refractivity contribution in [2.75, 3.05) is 0 Å². The van der Waals surface area contributed by atoms with Crippen molar-refractivity contribution in [1.82, 2.24) is 5.32 Å². The molecule has 0 bridgehead atoms. The minimum atomic E-state index is 0.612. The number of rotatable bonds is 2. The van der Waals surface area contributed by atoms with Crippen molar-refractivity contribution in [1.29, 1.82) is 0 Å². The summed E-state index contributed by atoms with van der Waals surface area (Å²) in [5.74, 6) is 0.844. The summed E-state index contributed by atoms with van der Waals surface area (Å²) in [5, 5.41) is 3.99. The van der Waals surface area contributed by atoms with Gasteiger partial charge in [0, 0.05) is 12.1 Å². The highest BCUT2D eigenvalue weighted by Gasteiger charge is 2.27. The molecule has 0 radical (unpaired) electrons. The molecular formula is C18H27N. The van der Waals surface area contributed by atoms with E-state index in [1.165, 1.54) is 50.5 Å². The zero-order valence-corrected chi connectivity index (χ0v) is 12.4. The van der Waals surface area contributed by atoms with Crippen LogP contribution in [-0.2, 0) is 6.42 Å². The first-order chi connectivity index (χ1) is 9.24. The van der Waals surface area contributed by atoms with Gasteiger partial charge in [-0.25, -0.2) is 0 Å². The minimum absolute atomic E-state index is 0.612. The van der Waals surface area contributed by atoms with Crippen molar-refractivity contribution < 1.29 is 0 Å². The van der Waals surface area contributed by atoms with Gasteiger partial charge in [-0.15, -0.1) is 0 Å². The summed E-state index contributed by atoms with van der Waals surface area (Å²) in [6.45, 7) is 4.65. The van der Waals surface area contributed by atoms with Crippen LogP contribution in [0.25, 0.3) is 0 Å². The van der Waals surface area contributed by atoms with Crippen molar-refractivity contribution in [2.24, 2.45) is 5.92 Å². The van der Waals surface area contributed by atoms with E-state index in [0.29, 0.717) is 6.04 Å². The van der Waals surface area contributed by atoms with E-state index in [2.05, 4.69) is 37.4 Å². The molecule has 1 N–H and O–H groups in total. The highest BCUT2D eigenvalue weighted by atomic mass is 15.0. The molecule has 3 rings (SSSR count). The first-order valence-electron chi connectivity index (χ1n) is 8.09. The van der Waals surface area contributed by atoms with Crippen LogP contribution in [0.15, 0.2) is 18.2 Å². The van der Waals surface area contributed by atoms with Gasteiger partial charge in [0.1, 0.15) is 0 Å². The van der Waals surface area contributed by atoms with E-state index in [0.717, 1.165) is 12.0 Å². The molecule has 0 amide bonds. The van der Waals surface area contributed by atoms with Crippen LogP contribution in [0.4, 0.5) is 0 Å². The van der Waals surface area contributed by atoms with Crippen LogP contribution in [0.2, 0.25) is 0 Å². The molecule has 19 heavy (non-hydrogen) atoms. The van der Waals surface area contributed by atoms with Crippen LogP contribution in [0.5, 0.6) is 0 Å². The van der Waals surface area contributed by atoms with Gasteiger partial charge < -0.3 is 5.32 Å². The van der Waals surface area contributed by atoms with E-state index in [-0.39, 0.29) is 0 Å². The zero-order chi connectivity index (χ0) is 13.2. The second-order valence-electron chi connectivity index (χ2n) is 6.68. The first-order valence-corrected chi connectivity index (χ1v) is 8.09. The quantitative estimate of drug-likeness (QED) is 0.767. The predicted octanol–water partition coefficient (Wildman–Crippen LogP) is 4.54. The Morgan fingerprint density at radius 1 is 1.05 bits per heavy atom. The fourth-order valence-corrected chi connectivity index (χ4v) is 3.89. The number of fused-ring (bicyclic) bond motifs is 1. The third-order valence-corrected chi connectivity index (χ3v) is 5.16. The van der Waals surface area contributed by atoms with Crippen LogP contribution in [0.1, 0.15) is 68.2 Å². The van der Waals surface area contributed by atoms with Gasteiger partial charge in [-0.1, -0.05) is 49.9 Å². The lowest BCUT2D eigenvalue weighted by atomic mass is 9.95. The lowest BCUT2D eigenvalue weighted by molar-refractivity contribution is 0.321. The van der Waals surface area contributed by atoms with Gasteiger partial charge in [0.05, 0.1) is 0 Å². The smallest absolute Gasteiger partial charge is 0.0328 e. The first kappa shape index (κ1) is 13.2. The van der Waals surface area contributed by atoms with Crippen LogP contribution in [-0.4, -0.2) is 6.04 Å². The Balaban J connectivity index is 1.73. The number of hydrogen-bond donors (Lipinski definition) is 1. The molecule has 104 valence electrons. The summed E-state index contributed by atoms with van der Waals surface area (Å²) in [6.07, 6.45) is 9.61.